The van der Waals surface area contributed by atoms with Gasteiger partial charge in [-0.05, 0) is 78.5 Å². The Bertz CT molecular complexity index is 697. The smallest absolute Gasteiger partial charge is 0.265 e. The zero-order valence-electron chi connectivity index (χ0n) is 13.2. The summed E-state index contributed by atoms with van der Waals surface area (Å²) in [5.74, 6) is 0.581. The van der Waals surface area contributed by atoms with E-state index in [1.54, 1.807) is 6.92 Å². The molecule has 0 aliphatic heterocycles. The number of ether oxygens (including phenoxy) is 1. The third kappa shape index (κ3) is 3.89. The largest absolute Gasteiger partial charge is 0.481 e. The molecule has 1 amide bonds. The molecule has 2 aromatic rings. The number of anilines is 1. The number of hydrogen-bond acceptors (Lipinski definition) is 2. The average Bonchev–Trinajstić information content (AvgIpc) is 2.46. The van der Waals surface area contributed by atoms with E-state index in [9.17, 15) is 4.79 Å². The molecular weight excluding hydrogens is 342 g/mol. The molecule has 2 rings (SSSR count). The van der Waals surface area contributed by atoms with Crippen LogP contribution in [0.4, 0.5) is 5.69 Å². The van der Waals surface area contributed by atoms with E-state index in [-0.39, 0.29) is 5.91 Å². The molecule has 0 aliphatic carbocycles. The van der Waals surface area contributed by atoms with Crippen LogP contribution in [-0.2, 0) is 4.79 Å². The Morgan fingerprint density at radius 2 is 1.86 bits per heavy atom. The predicted molar refractivity (Wildman–Crippen MR) is 93.5 cm³/mol. The second-order valence-electron chi connectivity index (χ2n) is 5.43. The van der Waals surface area contributed by atoms with Crippen molar-refractivity contribution in [2.75, 3.05) is 5.32 Å². The highest BCUT2D eigenvalue weighted by Crippen LogP contribution is 2.25. The van der Waals surface area contributed by atoms with Gasteiger partial charge in [0.15, 0.2) is 6.10 Å². The Morgan fingerprint density at radius 3 is 2.55 bits per heavy atom. The number of rotatable bonds is 4. The zero-order valence-corrected chi connectivity index (χ0v) is 14.8. The van der Waals surface area contributed by atoms with E-state index < -0.39 is 6.10 Å². The SMILES string of the molecule is Cc1cc(C)c(C)c(O[C@@H](C)C(=O)Nc2ccccc2Br)c1. The summed E-state index contributed by atoms with van der Waals surface area (Å²) in [6.45, 7) is 7.82. The van der Waals surface area contributed by atoms with Crippen LogP contribution in [-0.4, -0.2) is 12.0 Å². The summed E-state index contributed by atoms with van der Waals surface area (Å²) in [6, 6.07) is 11.6. The summed E-state index contributed by atoms with van der Waals surface area (Å²) in [7, 11) is 0. The van der Waals surface area contributed by atoms with Gasteiger partial charge in [0, 0.05) is 4.47 Å². The second kappa shape index (κ2) is 6.97. The quantitative estimate of drug-likeness (QED) is 0.850. The van der Waals surface area contributed by atoms with Crippen molar-refractivity contribution in [3.8, 4) is 5.75 Å². The van der Waals surface area contributed by atoms with Gasteiger partial charge in [-0.2, -0.15) is 0 Å². The van der Waals surface area contributed by atoms with Crippen molar-refractivity contribution in [1.82, 2.24) is 0 Å². The molecule has 0 fully saturated rings. The molecule has 0 saturated carbocycles. The molecule has 1 N–H and O–H groups in total. The molecule has 22 heavy (non-hydrogen) atoms. The molecule has 4 heteroatoms. The van der Waals surface area contributed by atoms with Crippen LogP contribution in [0, 0.1) is 20.8 Å². The van der Waals surface area contributed by atoms with Crippen LogP contribution < -0.4 is 10.1 Å². The fourth-order valence-electron chi connectivity index (χ4n) is 2.16. The first-order valence-electron chi connectivity index (χ1n) is 7.18. The molecule has 0 heterocycles. The molecule has 0 bridgehead atoms. The summed E-state index contributed by atoms with van der Waals surface area (Å²) in [5, 5.41) is 2.87. The fraction of sp³-hybridized carbons (Fsp3) is 0.278. The zero-order chi connectivity index (χ0) is 16.3. The van der Waals surface area contributed by atoms with Crippen molar-refractivity contribution in [2.45, 2.75) is 33.8 Å². The highest BCUT2D eigenvalue weighted by molar-refractivity contribution is 9.10. The number of nitrogens with one attached hydrogen (secondary N) is 1. The number of carbonyl (C=O) groups excluding carboxylic acids is 1. The molecule has 0 radical (unpaired) electrons. The summed E-state index contributed by atoms with van der Waals surface area (Å²) >= 11 is 3.42. The minimum absolute atomic E-state index is 0.176. The Balaban J connectivity index is 2.11. The summed E-state index contributed by atoms with van der Waals surface area (Å²) in [5.41, 5.74) is 4.08. The summed E-state index contributed by atoms with van der Waals surface area (Å²) < 4.78 is 6.70. The van der Waals surface area contributed by atoms with E-state index in [1.165, 1.54) is 0 Å². The van der Waals surface area contributed by atoms with Crippen LogP contribution in [0.1, 0.15) is 23.6 Å². The number of carbonyl (C=O) groups is 1. The van der Waals surface area contributed by atoms with Crippen molar-refractivity contribution < 1.29 is 9.53 Å². The van der Waals surface area contributed by atoms with Gasteiger partial charge in [0.25, 0.3) is 5.91 Å². The summed E-state index contributed by atoms with van der Waals surface area (Å²) in [6.07, 6.45) is -0.577. The van der Waals surface area contributed by atoms with Gasteiger partial charge in [-0.25, -0.2) is 0 Å². The van der Waals surface area contributed by atoms with Crippen molar-refractivity contribution in [3.63, 3.8) is 0 Å². The summed E-state index contributed by atoms with van der Waals surface area (Å²) in [4.78, 5) is 12.3. The van der Waals surface area contributed by atoms with Gasteiger partial charge in [-0.3, -0.25) is 4.79 Å². The number of halogens is 1. The normalized spacial score (nSPS) is 11.9. The lowest BCUT2D eigenvalue weighted by Gasteiger charge is -2.18. The molecule has 116 valence electrons. The topological polar surface area (TPSA) is 38.3 Å². The van der Waals surface area contributed by atoms with Gasteiger partial charge in [-0.1, -0.05) is 18.2 Å². The third-order valence-corrected chi connectivity index (χ3v) is 4.26. The van der Waals surface area contributed by atoms with Gasteiger partial charge in [0.2, 0.25) is 0 Å². The van der Waals surface area contributed by atoms with Crippen LogP contribution in [0.15, 0.2) is 40.9 Å². The number of para-hydroxylation sites is 1. The lowest BCUT2D eigenvalue weighted by molar-refractivity contribution is -0.122. The predicted octanol–water partition coefficient (Wildman–Crippen LogP) is 4.78. The highest BCUT2D eigenvalue weighted by atomic mass is 79.9. The van der Waals surface area contributed by atoms with Gasteiger partial charge >= 0.3 is 0 Å². The maximum atomic E-state index is 12.3. The number of benzene rings is 2. The first-order chi connectivity index (χ1) is 10.4. The van der Waals surface area contributed by atoms with Crippen LogP contribution in [0.3, 0.4) is 0 Å². The van der Waals surface area contributed by atoms with Gasteiger partial charge in [0.1, 0.15) is 5.75 Å². The van der Waals surface area contributed by atoms with Crippen molar-refractivity contribution in [2.24, 2.45) is 0 Å². The molecular formula is C18H20BrNO2. The van der Waals surface area contributed by atoms with Gasteiger partial charge < -0.3 is 10.1 Å². The van der Waals surface area contributed by atoms with Crippen molar-refractivity contribution in [3.05, 3.63) is 57.6 Å². The standard InChI is InChI=1S/C18H20BrNO2/c1-11-9-12(2)13(3)17(10-11)22-14(4)18(21)20-16-8-6-5-7-15(16)19/h5-10,14H,1-4H3,(H,20,21)/t14-/m0/s1. The Morgan fingerprint density at radius 1 is 1.18 bits per heavy atom. The van der Waals surface area contributed by atoms with E-state index >= 15 is 0 Å². The maximum Gasteiger partial charge on any atom is 0.265 e. The monoisotopic (exact) mass is 361 g/mol. The first-order valence-corrected chi connectivity index (χ1v) is 7.97. The second-order valence-corrected chi connectivity index (χ2v) is 6.29. The van der Waals surface area contributed by atoms with E-state index in [0.29, 0.717) is 0 Å². The van der Waals surface area contributed by atoms with Gasteiger partial charge in [-0.15, -0.1) is 0 Å². The molecule has 2 aromatic carbocycles. The van der Waals surface area contributed by atoms with E-state index in [4.69, 9.17) is 4.74 Å². The number of amides is 1. The molecule has 0 saturated heterocycles. The van der Waals surface area contributed by atoms with E-state index in [2.05, 4.69) is 27.3 Å². The molecule has 3 nitrogen and oxygen atoms in total. The minimum atomic E-state index is -0.577. The Labute approximate surface area is 139 Å². The number of aryl methyl sites for hydroxylation is 2. The third-order valence-electron chi connectivity index (χ3n) is 3.57. The lowest BCUT2D eigenvalue weighted by Crippen LogP contribution is -2.30. The Kier molecular flexibility index (Phi) is 5.24. The highest BCUT2D eigenvalue weighted by Gasteiger charge is 2.17. The molecule has 1 atom stereocenters. The number of hydrogen-bond donors (Lipinski definition) is 1. The van der Waals surface area contributed by atoms with Crippen molar-refractivity contribution in [1.29, 1.82) is 0 Å². The van der Waals surface area contributed by atoms with Crippen LogP contribution >= 0.6 is 15.9 Å². The average molecular weight is 362 g/mol. The van der Waals surface area contributed by atoms with Crippen LogP contribution in [0.25, 0.3) is 0 Å². The Hall–Kier alpha value is -1.81. The van der Waals surface area contributed by atoms with Crippen molar-refractivity contribution >= 4 is 27.5 Å². The fourth-order valence-corrected chi connectivity index (χ4v) is 2.55. The van der Waals surface area contributed by atoms with Crippen LogP contribution in [0.5, 0.6) is 5.75 Å². The minimum Gasteiger partial charge on any atom is -0.481 e. The van der Waals surface area contributed by atoms with Crippen LogP contribution in [0.2, 0.25) is 0 Å². The van der Waals surface area contributed by atoms with Gasteiger partial charge in [0.05, 0.1) is 5.69 Å². The lowest BCUT2D eigenvalue weighted by atomic mass is 10.1. The molecule has 0 aliphatic rings. The molecule has 0 spiro atoms. The molecule has 0 unspecified atom stereocenters. The van der Waals surface area contributed by atoms with E-state index in [0.717, 1.165) is 32.6 Å². The van der Waals surface area contributed by atoms with E-state index in [1.807, 2.05) is 51.1 Å². The molecule has 0 aromatic heterocycles. The maximum absolute atomic E-state index is 12.3. The first kappa shape index (κ1) is 16.6.